The standard InChI is InChI=1S/C15H19FN2O2S/c1-10-11(2)20-15(18-10)21-14-5-4-13(16)8-12(14)9-17-6-7-19-3/h4-5,8,17H,6-7,9H2,1-3H3. The van der Waals surface area contributed by atoms with E-state index in [0.717, 1.165) is 21.9 Å². The maximum atomic E-state index is 13.4. The highest BCUT2D eigenvalue weighted by Crippen LogP contribution is 2.31. The molecule has 1 heterocycles. The van der Waals surface area contributed by atoms with Crippen molar-refractivity contribution in [1.29, 1.82) is 0 Å². The number of aromatic nitrogens is 1. The molecule has 1 aromatic heterocycles. The molecule has 1 N–H and O–H groups in total. The predicted molar refractivity (Wildman–Crippen MR) is 80.1 cm³/mol. The zero-order valence-corrected chi connectivity index (χ0v) is 13.2. The molecule has 114 valence electrons. The van der Waals surface area contributed by atoms with E-state index in [-0.39, 0.29) is 5.82 Å². The summed E-state index contributed by atoms with van der Waals surface area (Å²) < 4.78 is 24.0. The van der Waals surface area contributed by atoms with E-state index in [1.165, 1.54) is 23.9 Å². The zero-order valence-electron chi connectivity index (χ0n) is 12.4. The lowest BCUT2D eigenvalue weighted by Crippen LogP contribution is -2.19. The van der Waals surface area contributed by atoms with Crippen LogP contribution in [0.1, 0.15) is 17.0 Å². The molecule has 0 aliphatic carbocycles. The maximum Gasteiger partial charge on any atom is 0.261 e. The number of hydrogen-bond acceptors (Lipinski definition) is 5. The van der Waals surface area contributed by atoms with Crippen LogP contribution in [-0.4, -0.2) is 25.2 Å². The number of nitrogens with one attached hydrogen (secondary N) is 1. The van der Waals surface area contributed by atoms with Gasteiger partial charge in [-0.2, -0.15) is 0 Å². The second-order valence-corrected chi connectivity index (χ2v) is 5.64. The Balaban J connectivity index is 2.10. The number of aryl methyl sites for hydroxylation is 2. The Hall–Kier alpha value is -1.37. The molecule has 0 fully saturated rings. The minimum Gasteiger partial charge on any atom is -0.436 e. The van der Waals surface area contributed by atoms with Gasteiger partial charge in [-0.25, -0.2) is 9.37 Å². The van der Waals surface area contributed by atoms with Crippen LogP contribution in [0.5, 0.6) is 0 Å². The molecule has 0 unspecified atom stereocenters. The van der Waals surface area contributed by atoms with Crippen LogP contribution in [-0.2, 0) is 11.3 Å². The highest BCUT2D eigenvalue weighted by atomic mass is 32.2. The van der Waals surface area contributed by atoms with Crippen LogP contribution < -0.4 is 5.32 Å². The highest BCUT2D eigenvalue weighted by Gasteiger charge is 2.11. The number of oxazole rings is 1. The smallest absolute Gasteiger partial charge is 0.261 e. The second-order valence-electron chi connectivity index (χ2n) is 4.65. The summed E-state index contributed by atoms with van der Waals surface area (Å²) in [6, 6.07) is 4.73. The Morgan fingerprint density at radius 2 is 2.19 bits per heavy atom. The van der Waals surface area contributed by atoms with Gasteiger partial charge in [0.25, 0.3) is 5.22 Å². The van der Waals surface area contributed by atoms with E-state index in [4.69, 9.17) is 9.15 Å². The summed E-state index contributed by atoms with van der Waals surface area (Å²) in [5, 5.41) is 3.80. The first kappa shape index (κ1) is 16.0. The van der Waals surface area contributed by atoms with Crippen molar-refractivity contribution in [2.45, 2.75) is 30.5 Å². The Kier molecular flexibility index (Phi) is 5.78. The van der Waals surface area contributed by atoms with E-state index in [0.29, 0.717) is 24.9 Å². The van der Waals surface area contributed by atoms with Crippen LogP contribution in [0.2, 0.25) is 0 Å². The summed E-state index contributed by atoms with van der Waals surface area (Å²) in [5.41, 5.74) is 1.75. The number of hydrogen-bond donors (Lipinski definition) is 1. The third-order valence-electron chi connectivity index (χ3n) is 3.03. The minimum atomic E-state index is -0.248. The van der Waals surface area contributed by atoms with Crippen LogP contribution in [0.15, 0.2) is 32.7 Å². The summed E-state index contributed by atoms with van der Waals surface area (Å²) in [6.07, 6.45) is 0. The number of methoxy groups -OCH3 is 1. The zero-order chi connectivity index (χ0) is 15.2. The monoisotopic (exact) mass is 310 g/mol. The van der Waals surface area contributed by atoms with Crippen molar-refractivity contribution in [3.63, 3.8) is 0 Å². The van der Waals surface area contributed by atoms with Crippen LogP contribution >= 0.6 is 11.8 Å². The van der Waals surface area contributed by atoms with Gasteiger partial charge in [-0.05, 0) is 49.4 Å². The van der Waals surface area contributed by atoms with Crippen molar-refractivity contribution in [2.75, 3.05) is 20.3 Å². The van der Waals surface area contributed by atoms with E-state index in [1.807, 2.05) is 13.8 Å². The Morgan fingerprint density at radius 3 is 2.86 bits per heavy atom. The SMILES string of the molecule is COCCNCc1cc(F)ccc1Sc1nc(C)c(C)o1. The van der Waals surface area contributed by atoms with Crippen LogP contribution in [0.4, 0.5) is 4.39 Å². The molecule has 1 aromatic carbocycles. The maximum absolute atomic E-state index is 13.4. The highest BCUT2D eigenvalue weighted by molar-refractivity contribution is 7.99. The Bertz CT molecular complexity index is 582. The molecule has 4 nitrogen and oxygen atoms in total. The van der Waals surface area contributed by atoms with Gasteiger partial charge in [0.05, 0.1) is 12.3 Å². The molecule has 0 atom stereocenters. The summed E-state index contributed by atoms with van der Waals surface area (Å²) in [5.74, 6) is 0.557. The largest absolute Gasteiger partial charge is 0.436 e. The number of ether oxygens (including phenoxy) is 1. The molecular formula is C15H19FN2O2S. The van der Waals surface area contributed by atoms with Gasteiger partial charge in [-0.15, -0.1) is 0 Å². The quantitative estimate of drug-likeness (QED) is 0.795. The van der Waals surface area contributed by atoms with Crippen LogP contribution in [0.25, 0.3) is 0 Å². The fourth-order valence-corrected chi connectivity index (χ4v) is 2.70. The summed E-state index contributed by atoms with van der Waals surface area (Å²) in [4.78, 5) is 5.27. The minimum absolute atomic E-state index is 0.248. The van der Waals surface area contributed by atoms with Gasteiger partial charge in [-0.3, -0.25) is 0 Å². The normalized spacial score (nSPS) is 11.0. The van der Waals surface area contributed by atoms with Crippen molar-refractivity contribution >= 4 is 11.8 Å². The topological polar surface area (TPSA) is 47.3 Å². The van der Waals surface area contributed by atoms with Gasteiger partial charge in [-0.1, -0.05) is 0 Å². The molecule has 0 saturated heterocycles. The lowest BCUT2D eigenvalue weighted by atomic mass is 10.2. The number of nitrogens with zero attached hydrogens (tertiary/aromatic N) is 1. The van der Waals surface area contributed by atoms with Crippen molar-refractivity contribution in [3.05, 3.63) is 41.0 Å². The first-order chi connectivity index (χ1) is 10.1. The Morgan fingerprint density at radius 1 is 1.38 bits per heavy atom. The van der Waals surface area contributed by atoms with Gasteiger partial charge < -0.3 is 14.5 Å². The first-order valence-electron chi connectivity index (χ1n) is 6.70. The molecule has 0 spiro atoms. The van der Waals surface area contributed by atoms with E-state index in [2.05, 4.69) is 10.3 Å². The third-order valence-corrected chi connectivity index (χ3v) is 3.99. The molecular weight excluding hydrogens is 291 g/mol. The summed E-state index contributed by atoms with van der Waals surface area (Å²) in [7, 11) is 1.65. The fourth-order valence-electron chi connectivity index (χ4n) is 1.76. The van der Waals surface area contributed by atoms with Gasteiger partial charge in [0.2, 0.25) is 0 Å². The van der Waals surface area contributed by atoms with Crippen LogP contribution in [0.3, 0.4) is 0 Å². The summed E-state index contributed by atoms with van der Waals surface area (Å²) >= 11 is 1.41. The predicted octanol–water partition coefficient (Wildman–Crippen LogP) is 3.32. The van der Waals surface area contributed by atoms with E-state index in [1.54, 1.807) is 13.2 Å². The number of benzene rings is 1. The molecule has 0 bridgehead atoms. The average Bonchev–Trinajstić information content (AvgIpc) is 2.76. The van der Waals surface area contributed by atoms with Gasteiger partial charge in [0.15, 0.2) is 0 Å². The van der Waals surface area contributed by atoms with Crippen molar-refractivity contribution in [3.8, 4) is 0 Å². The van der Waals surface area contributed by atoms with Gasteiger partial charge >= 0.3 is 0 Å². The average molecular weight is 310 g/mol. The lowest BCUT2D eigenvalue weighted by molar-refractivity contribution is 0.199. The molecule has 0 amide bonds. The molecule has 0 saturated carbocycles. The lowest BCUT2D eigenvalue weighted by Gasteiger charge is -2.09. The molecule has 21 heavy (non-hydrogen) atoms. The van der Waals surface area contributed by atoms with Crippen molar-refractivity contribution < 1.29 is 13.5 Å². The number of halogens is 1. The van der Waals surface area contributed by atoms with E-state index in [9.17, 15) is 4.39 Å². The van der Waals surface area contributed by atoms with Gasteiger partial charge in [0.1, 0.15) is 11.6 Å². The molecule has 0 aliphatic rings. The van der Waals surface area contributed by atoms with E-state index < -0.39 is 0 Å². The van der Waals surface area contributed by atoms with Crippen molar-refractivity contribution in [1.82, 2.24) is 10.3 Å². The Labute approximate surface area is 128 Å². The third kappa shape index (κ3) is 4.56. The first-order valence-corrected chi connectivity index (χ1v) is 7.51. The number of rotatable bonds is 7. The molecule has 2 rings (SSSR count). The van der Waals surface area contributed by atoms with E-state index >= 15 is 0 Å². The van der Waals surface area contributed by atoms with Crippen molar-refractivity contribution in [2.24, 2.45) is 0 Å². The molecule has 0 radical (unpaired) electrons. The van der Waals surface area contributed by atoms with Crippen LogP contribution in [0, 0.1) is 19.7 Å². The molecule has 2 aromatic rings. The fraction of sp³-hybridized carbons (Fsp3) is 0.400. The molecule has 6 heteroatoms. The van der Waals surface area contributed by atoms with Gasteiger partial charge in [0, 0.05) is 25.1 Å². The molecule has 0 aliphatic heterocycles. The second kappa shape index (κ2) is 7.59. The summed E-state index contributed by atoms with van der Waals surface area (Å²) in [6.45, 7) is 5.69.